The van der Waals surface area contributed by atoms with Gasteiger partial charge < -0.3 is 64.5 Å². The molecule has 38 heteroatoms. The Labute approximate surface area is 836 Å². The van der Waals surface area contributed by atoms with Crippen molar-refractivity contribution in [3.63, 3.8) is 0 Å². The van der Waals surface area contributed by atoms with Crippen LogP contribution in [0.3, 0.4) is 0 Å². The Bertz CT molecular complexity index is 5840. The molecule has 36 nitrogen and oxygen atoms in total. The van der Waals surface area contributed by atoms with E-state index in [-0.39, 0.29) is 57.5 Å². The van der Waals surface area contributed by atoms with E-state index in [1.165, 1.54) is 31.5 Å². The molecular formula is C106H126N9O27PS. The van der Waals surface area contributed by atoms with Gasteiger partial charge in [0.2, 0.25) is 50.5 Å². The first-order chi connectivity index (χ1) is 68.5. The van der Waals surface area contributed by atoms with Gasteiger partial charge in [0.15, 0.2) is 0 Å². The fraction of sp³-hybridized carbons (Fsp3) is 0.425. The molecular weight excluding hydrogens is 1890 g/mol. The van der Waals surface area contributed by atoms with Crippen LogP contribution in [0.1, 0.15) is 197 Å². The normalized spacial score (nSPS) is 18.8. The number of benzene rings is 7. The van der Waals surface area contributed by atoms with Crippen molar-refractivity contribution in [2.24, 2.45) is 0 Å². The van der Waals surface area contributed by atoms with E-state index in [1.807, 2.05) is 142 Å². The third-order valence-electron chi connectivity index (χ3n) is 25.7. The first kappa shape index (κ1) is 115. The number of rotatable bonds is 29. The van der Waals surface area contributed by atoms with Crippen molar-refractivity contribution in [3.05, 3.63) is 250 Å². The largest absolute Gasteiger partial charge is 0.481 e. The number of carbonyl (C=O) groups is 18. The molecule has 9 unspecified atom stereocenters. The Morgan fingerprint density at radius 2 is 0.639 bits per heavy atom. The average Bonchev–Trinajstić information content (AvgIpc) is 1.60. The molecule has 7 fully saturated rings. The molecule has 7 heterocycles. The third-order valence-corrected chi connectivity index (χ3v) is 28.8. The topological polar surface area (TPSA) is 538 Å². The lowest BCUT2D eigenvalue weighted by molar-refractivity contribution is -0.155. The van der Waals surface area contributed by atoms with Gasteiger partial charge in [0.1, 0.15) is 35.3 Å². The number of piperidine rings is 3. The van der Waals surface area contributed by atoms with Crippen LogP contribution in [0, 0.1) is 32.1 Å². The first-order valence-corrected chi connectivity index (χ1v) is 51.2. The van der Waals surface area contributed by atoms with Gasteiger partial charge in [-0.2, -0.15) is 5.26 Å². The van der Waals surface area contributed by atoms with E-state index < -0.39 is 170 Å². The lowest BCUT2D eigenvalue weighted by Crippen LogP contribution is -2.51. The molecule has 7 aromatic rings. The summed E-state index contributed by atoms with van der Waals surface area (Å²) in [4.78, 5) is 242. The molecule has 7 amide bonds. The molecule has 0 spiro atoms. The number of aliphatic carboxylic acids is 4. The Morgan fingerprint density at radius 1 is 0.354 bits per heavy atom. The highest BCUT2D eigenvalue weighted by atomic mass is 32.2. The summed E-state index contributed by atoms with van der Waals surface area (Å²) in [5, 5.41) is 44.3. The molecule has 7 aliphatic rings. The van der Waals surface area contributed by atoms with Crippen molar-refractivity contribution in [2.75, 3.05) is 52.9 Å². The second-order valence-corrected chi connectivity index (χ2v) is 40.0. The highest BCUT2D eigenvalue weighted by Crippen LogP contribution is 2.48. The van der Waals surface area contributed by atoms with Gasteiger partial charge >= 0.3 is 31.5 Å². The number of nitriles is 1. The van der Waals surface area contributed by atoms with Crippen LogP contribution >= 0.6 is 7.60 Å². The molecule has 7 aliphatic heterocycles. The smallest absolute Gasteiger partial charge is 0.347 e. The number of carboxylic acid groups (broad SMARTS) is 4. The van der Waals surface area contributed by atoms with Gasteiger partial charge in [-0.1, -0.05) is 225 Å². The Kier molecular flexibility index (Phi) is 44.9. The lowest BCUT2D eigenvalue weighted by atomic mass is 9.94. The predicted octanol–water partition coefficient (Wildman–Crippen LogP) is 9.64. The van der Waals surface area contributed by atoms with E-state index >= 15 is 0 Å². The van der Waals surface area contributed by atoms with E-state index in [0.29, 0.717) is 96.2 Å². The zero-order chi connectivity index (χ0) is 106. The number of amides is 7. The standard InChI is InChI=1S/3C16H19NO4.C15H16N2O2.C15H17NO4.C14H18N2O4S.C14H18NO5P/c1-11-4-6-12(7-5-11)9-14(18)16(21)17-8-2-3-13(17)10-15(19)20;1-11-5-7-12(8-6-11)10-14(18)15(19)17-9-3-2-4-13(17)16(20)21;1-11(12-7-3-2-4-8-12)14(18)15(19)17-10-6-5-9-13(17)16(20)21;1-11(12-6-3-2-4-7-12)14(18)15(19)17-9-5-8-13(17)10-16;17-13(10-11-6-2-1-3-7-11)14(18)16-9-5-4-8-12(16)15(19)20;1-15-21(19,20)13-8-5-9-16(13)14(18)12(17)10-11-6-3-2-4-7-11;1-10-4-6-11(7-5-10)9-12(16)14(17)15-8-2-3-13(15)21(18,19)20/h4-7,13H,2-3,8-10H2,1H3,(H,19,20);5-8,13H,2-4,9-10H2,1H3,(H,20,21);2-4,7-8,11,13H,5-6,9-10H2,1H3,(H,20,21);2-4,6-7,11,13H,5,8-9H2,1H3;1-3,6-7,12H,4-5,8-10H2,(H,19,20);2-4,6-7,13,15H,5,8-10H2,1H3;4-7,13H,2-3,8-9H2,1H3,(H2,18,19,20). The molecule has 0 radical (unpaired) electrons. The van der Waals surface area contributed by atoms with Crippen LogP contribution in [0.5, 0.6) is 0 Å². The molecule has 7 aromatic carbocycles. The van der Waals surface area contributed by atoms with Gasteiger partial charge in [-0.15, -0.1) is 0 Å². The van der Waals surface area contributed by atoms with E-state index in [4.69, 9.17) is 20.6 Å². The molecule has 7 N–H and O–H groups in total. The molecule has 0 aromatic heterocycles. The molecule has 14 rings (SSSR count). The van der Waals surface area contributed by atoms with E-state index in [0.717, 1.165) is 111 Å². The highest BCUT2D eigenvalue weighted by molar-refractivity contribution is 7.90. The Morgan fingerprint density at radius 3 is 0.986 bits per heavy atom. The molecule has 144 heavy (non-hydrogen) atoms. The van der Waals surface area contributed by atoms with E-state index in [9.17, 15) is 114 Å². The summed E-state index contributed by atoms with van der Waals surface area (Å²) in [7, 11) is -6.69. The number of hydrogen-bond acceptors (Lipinski definition) is 22. The number of carbonyl (C=O) groups excluding carboxylic acids is 14. The average molecular weight is 2020 g/mol. The Hall–Kier alpha value is -14.1. The number of carboxylic acids is 4. The second kappa shape index (κ2) is 56.1. The number of nitrogens with zero attached hydrogens (tertiary/aromatic N) is 8. The van der Waals surface area contributed by atoms with Crippen LogP contribution in [0.2, 0.25) is 0 Å². The third kappa shape index (κ3) is 34.1. The molecule has 7 saturated heterocycles. The van der Waals surface area contributed by atoms with Gasteiger partial charge in [0.05, 0.1) is 12.5 Å². The van der Waals surface area contributed by atoms with Crippen molar-refractivity contribution in [2.45, 2.75) is 235 Å². The summed E-state index contributed by atoms with van der Waals surface area (Å²) in [5.41, 5.74) is 8.60. The summed E-state index contributed by atoms with van der Waals surface area (Å²) in [6, 6.07) is 56.9. The SMILES string of the molecule is CC(C(=O)C(=O)N1CCCC1C#N)c1ccccc1.CC(C(=O)C(=O)N1CCCCC1C(=O)O)c1ccccc1.CNS(=O)(=O)C1CCCN1C(=O)C(=O)Cc1ccccc1.Cc1ccc(CC(=O)C(=O)N2CCCC2CC(=O)O)cc1.Cc1ccc(CC(=O)C(=O)N2CCCC2P(=O)(O)O)cc1.Cc1ccc(CC(=O)C(=O)N2CCCCC2C(=O)O)cc1.O=C(Cc1ccccc1)C(=O)N1CCCCC1C(=O)O. The van der Waals surface area contributed by atoms with Crippen LogP contribution in [0.15, 0.2) is 194 Å². The van der Waals surface area contributed by atoms with Gasteiger partial charge in [-0.3, -0.25) is 76.5 Å². The Balaban J connectivity index is 0.000000205. The highest BCUT2D eigenvalue weighted by Gasteiger charge is 2.45. The molecule has 9 atom stereocenters. The van der Waals surface area contributed by atoms with Gasteiger partial charge in [-0.25, -0.2) is 27.5 Å². The minimum absolute atomic E-state index is 0.0114. The fourth-order valence-electron chi connectivity index (χ4n) is 17.6. The van der Waals surface area contributed by atoms with Gasteiger partial charge in [0.25, 0.3) is 41.4 Å². The number of aryl methyl sites for hydroxylation is 3. The maximum absolute atomic E-state index is 12.3. The minimum atomic E-state index is -4.40. The zero-order valence-corrected chi connectivity index (χ0v) is 83.3. The summed E-state index contributed by atoms with van der Waals surface area (Å²) in [6.07, 6.45) is 10.2. The van der Waals surface area contributed by atoms with Crippen molar-refractivity contribution >= 4 is 123 Å². The maximum Gasteiger partial charge on any atom is 0.347 e. The molecule has 0 saturated carbocycles. The van der Waals surface area contributed by atoms with Crippen LogP contribution in [-0.4, -0.2) is 273 Å². The first-order valence-electron chi connectivity index (χ1n) is 48.0. The summed E-state index contributed by atoms with van der Waals surface area (Å²) in [6.45, 7) is 11.7. The van der Waals surface area contributed by atoms with Gasteiger partial charge in [-0.05, 0) is 176 Å². The fourth-order valence-corrected chi connectivity index (χ4v) is 20.0. The van der Waals surface area contributed by atoms with Crippen LogP contribution in [0.25, 0.3) is 0 Å². The molecule has 0 aliphatic carbocycles. The number of likely N-dealkylation sites (tertiary alicyclic amines) is 7. The minimum Gasteiger partial charge on any atom is -0.481 e. The monoisotopic (exact) mass is 2020 g/mol. The van der Waals surface area contributed by atoms with Gasteiger partial charge in [0, 0.05) is 95.8 Å². The van der Waals surface area contributed by atoms with Crippen LogP contribution in [-0.2, 0) is 133 Å². The summed E-state index contributed by atoms with van der Waals surface area (Å²) < 4.78 is 37.3. The van der Waals surface area contributed by atoms with Crippen molar-refractivity contribution in [3.8, 4) is 6.07 Å². The predicted molar refractivity (Wildman–Crippen MR) is 527 cm³/mol. The van der Waals surface area contributed by atoms with Crippen LogP contribution in [0.4, 0.5) is 0 Å². The lowest BCUT2D eigenvalue weighted by Gasteiger charge is -2.33. The van der Waals surface area contributed by atoms with E-state index in [2.05, 4.69) is 10.8 Å². The number of nitrogens with one attached hydrogen (secondary N) is 1. The number of sulfonamides is 1. The number of hydrogen-bond donors (Lipinski definition) is 7. The van der Waals surface area contributed by atoms with Crippen molar-refractivity contribution in [1.82, 2.24) is 39.0 Å². The maximum atomic E-state index is 12.3. The summed E-state index contributed by atoms with van der Waals surface area (Å²) in [5.74, 6) is -14.7. The van der Waals surface area contributed by atoms with Crippen LogP contribution < -0.4 is 4.72 Å². The molecule has 0 bridgehead atoms. The number of Topliss-reactive ketones (excluding diaryl/α,β-unsaturated/α-hetero) is 7. The second-order valence-electron chi connectivity index (χ2n) is 36.2. The van der Waals surface area contributed by atoms with Crippen molar-refractivity contribution in [1.29, 1.82) is 5.26 Å². The van der Waals surface area contributed by atoms with E-state index in [1.54, 1.807) is 86.6 Å². The molecule has 768 valence electrons. The summed E-state index contributed by atoms with van der Waals surface area (Å²) >= 11 is 0. The zero-order valence-electron chi connectivity index (χ0n) is 81.6. The number of ketones is 7. The quantitative estimate of drug-likeness (QED) is 0.0169. The van der Waals surface area contributed by atoms with Crippen molar-refractivity contribution < 1.29 is 129 Å².